The summed E-state index contributed by atoms with van der Waals surface area (Å²) in [7, 11) is 0. The van der Waals surface area contributed by atoms with E-state index in [4.69, 9.17) is 9.47 Å². The predicted molar refractivity (Wildman–Crippen MR) is 65.9 cm³/mol. The number of aliphatic carboxylic acids is 1. The lowest BCUT2D eigenvalue weighted by molar-refractivity contribution is -0.301. The minimum absolute atomic E-state index is 0.217. The lowest BCUT2D eigenvalue weighted by atomic mass is 10.2. The number of hydrogen-bond acceptors (Lipinski definition) is 8. The number of aromatic nitrogens is 4. The van der Waals surface area contributed by atoms with Crippen LogP contribution in [-0.4, -0.2) is 45.1 Å². The number of benzene rings is 1. The zero-order valence-corrected chi connectivity index (χ0v) is 11.0. The molecule has 2 heterocycles. The highest BCUT2D eigenvalue weighted by Crippen LogP contribution is 2.32. The number of carbonyl (C=O) groups excluding carboxylic acids is 1. The maximum absolute atomic E-state index is 10.5. The standard InChI is InChI=1S/C11H10N4O4S/c16-10(17)6-20-11-12-13-14-15(11)7-1-2-8-9(5-7)19-4-3-18-8/h1-2,5H,3-4,6H2,(H,16,17)/p-1. The summed E-state index contributed by atoms with van der Waals surface area (Å²) in [5.41, 5.74) is 0.667. The van der Waals surface area contributed by atoms with Crippen molar-refractivity contribution in [2.45, 2.75) is 5.16 Å². The summed E-state index contributed by atoms with van der Waals surface area (Å²) in [5.74, 6) is -0.117. The van der Waals surface area contributed by atoms with Gasteiger partial charge >= 0.3 is 0 Å². The van der Waals surface area contributed by atoms with E-state index in [1.807, 2.05) is 0 Å². The number of carboxylic acids is 1. The van der Waals surface area contributed by atoms with Crippen LogP contribution in [0.15, 0.2) is 23.4 Å². The zero-order valence-electron chi connectivity index (χ0n) is 10.2. The quantitative estimate of drug-likeness (QED) is 0.680. The van der Waals surface area contributed by atoms with Gasteiger partial charge in [-0.15, -0.1) is 5.10 Å². The first-order valence-corrected chi connectivity index (χ1v) is 6.73. The molecule has 8 nitrogen and oxygen atoms in total. The number of rotatable bonds is 4. The monoisotopic (exact) mass is 293 g/mol. The van der Waals surface area contributed by atoms with E-state index in [0.29, 0.717) is 35.6 Å². The highest BCUT2D eigenvalue weighted by Gasteiger charge is 2.15. The molecule has 1 aromatic heterocycles. The van der Waals surface area contributed by atoms with Crippen molar-refractivity contribution < 1.29 is 19.4 Å². The SMILES string of the molecule is O=C([O-])CSc1nnnn1-c1ccc2c(c1)OCCO2. The Balaban J connectivity index is 1.89. The molecule has 9 heteroatoms. The summed E-state index contributed by atoms with van der Waals surface area (Å²) >= 11 is 0.987. The van der Waals surface area contributed by atoms with E-state index in [2.05, 4.69) is 15.5 Å². The van der Waals surface area contributed by atoms with Gasteiger partial charge < -0.3 is 19.4 Å². The van der Waals surface area contributed by atoms with Crippen LogP contribution >= 0.6 is 11.8 Å². The second kappa shape index (κ2) is 5.37. The zero-order chi connectivity index (χ0) is 13.9. The van der Waals surface area contributed by atoms with Gasteiger partial charge in [0.25, 0.3) is 0 Å². The molecule has 1 aliphatic rings. The summed E-state index contributed by atoms with van der Waals surface area (Å²) in [5, 5.41) is 22.0. The molecular formula is C11H9N4O4S-. The van der Waals surface area contributed by atoms with Gasteiger partial charge in [-0.1, -0.05) is 11.8 Å². The number of tetrazole rings is 1. The first kappa shape index (κ1) is 12.7. The summed E-state index contributed by atoms with van der Waals surface area (Å²) in [6.07, 6.45) is 0. The molecule has 2 aromatic rings. The Hall–Kier alpha value is -2.29. The molecule has 0 saturated heterocycles. The maximum Gasteiger partial charge on any atom is 0.214 e. The normalized spacial score (nSPS) is 13.2. The highest BCUT2D eigenvalue weighted by molar-refractivity contribution is 7.99. The molecule has 1 aromatic carbocycles. The number of ether oxygens (including phenoxy) is 2. The molecule has 0 atom stereocenters. The molecule has 0 saturated carbocycles. The lowest BCUT2D eigenvalue weighted by Gasteiger charge is -2.18. The fraction of sp³-hybridized carbons (Fsp3) is 0.273. The van der Waals surface area contributed by atoms with Crippen LogP contribution < -0.4 is 14.6 Å². The van der Waals surface area contributed by atoms with Crippen LogP contribution in [0.25, 0.3) is 5.69 Å². The van der Waals surface area contributed by atoms with Crippen LogP contribution in [0, 0.1) is 0 Å². The van der Waals surface area contributed by atoms with Crippen molar-refractivity contribution in [3.63, 3.8) is 0 Å². The van der Waals surface area contributed by atoms with Crippen molar-refractivity contribution in [1.29, 1.82) is 0 Å². The third kappa shape index (κ3) is 2.52. The molecule has 1 aliphatic heterocycles. The highest BCUT2D eigenvalue weighted by atomic mass is 32.2. The van der Waals surface area contributed by atoms with Crippen LogP contribution in [0.1, 0.15) is 0 Å². The predicted octanol–water partition coefficient (Wildman–Crippen LogP) is -0.725. The maximum atomic E-state index is 10.5. The van der Waals surface area contributed by atoms with E-state index >= 15 is 0 Å². The van der Waals surface area contributed by atoms with Gasteiger partial charge in [-0.2, -0.15) is 4.68 Å². The fourth-order valence-corrected chi connectivity index (χ4v) is 2.32. The smallest absolute Gasteiger partial charge is 0.214 e. The van der Waals surface area contributed by atoms with E-state index in [0.717, 1.165) is 11.8 Å². The van der Waals surface area contributed by atoms with Gasteiger partial charge in [-0.3, -0.25) is 0 Å². The van der Waals surface area contributed by atoms with Crippen molar-refractivity contribution in [2.75, 3.05) is 19.0 Å². The number of fused-ring (bicyclic) bond motifs is 1. The number of carboxylic acid groups (broad SMARTS) is 1. The van der Waals surface area contributed by atoms with Crippen LogP contribution in [0.5, 0.6) is 11.5 Å². The largest absolute Gasteiger partial charge is 0.549 e. The molecule has 0 unspecified atom stereocenters. The summed E-state index contributed by atoms with van der Waals surface area (Å²) in [4.78, 5) is 10.5. The molecule has 0 spiro atoms. The Kier molecular flexibility index (Phi) is 3.42. The van der Waals surface area contributed by atoms with Gasteiger partial charge in [0.1, 0.15) is 13.2 Å². The van der Waals surface area contributed by atoms with Crippen molar-refractivity contribution in [3.8, 4) is 17.2 Å². The Labute approximate surface area is 117 Å². The second-order valence-corrected chi connectivity index (χ2v) is 4.80. The van der Waals surface area contributed by atoms with E-state index in [9.17, 15) is 9.90 Å². The number of hydrogen-bond donors (Lipinski definition) is 0. The molecule has 0 N–H and O–H groups in total. The van der Waals surface area contributed by atoms with Crippen LogP contribution in [0.4, 0.5) is 0 Å². The van der Waals surface area contributed by atoms with E-state index in [1.165, 1.54) is 4.68 Å². The van der Waals surface area contributed by atoms with Crippen molar-refractivity contribution >= 4 is 17.7 Å². The number of thioether (sulfide) groups is 1. The van der Waals surface area contributed by atoms with Gasteiger partial charge in [0, 0.05) is 11.8 Å². The molecule has 20 heavy (non-hydrogen) atoms. The lowest BCUT2D eigenvalue weighted by Crippen LogP contribution is -2.24. The summed E-state index contributed by atoms with van der Waals surface area (Å²) in [6.45, 7) is 1.00. The molecule has 0 bridgehead atoms. The Morgan fingerprint density at radius 2 is 2.15 bits per heavy atom. The summed E-state index contributed by atoms with van der Waals surface area (Å²) < 4.78 is 12.3. The van der Waals surface area contributed by atoms with Gasteiger partial charge in [0.2, 0.25) is 5.16 Å². The van der Waals surface area contributed by atoms with Crippen molar-refractivity contribution in [1.82, 2.24) is 20.2 Å². The van der Waals surface area contributed by atoms with Gasteiger partial charge in [-0.25, -0.2) is 0 Å². The average Bonchev–Trinajstić information content (AvgIpc) is 2.93. The summed E-state index contributed by atoms with van der Waals surface area (Å²) in [6, 6.07) is 5.28. The number of carbonyl (C=O) groups is 1. The van der Waals surface area contributed by atoms with E-state index in [1.54, 1.807) is 18.2 Å². The molecule has 104 valence electrons. The topological polar surface area (TPSA) is 102 Å². The Morgan fingerprint density at radius 3 is 2.95 bits per heavy atom. The molecular weight excluding hydrogens is 284 g/mol. The third-order valence-electron chi connectivity index (χ3n) is 2.53. The Morgan fingerprint density at radius 1 is 1.35 bits per heavy atom. The Bertz CT molecular complexity index is 645. The molecule has 3 rings (SSSR count). The molecule has 0 radical (unpaired) electrons. The number of nitrogens with zero attached hydrogens (tertiary/aromatic N) is 4. The second-order valence-electron chi connectivity index (χ2n) is 3.86. The van der Waals surface area contributed by atoms with Crippen LogP contribution in [-0.2, 0) is 4.79 Å². The minimum atomic E-state index is -1.17. The molecule has 0 aliphatic carbocycles. The molecule has 0 fully saturated rings. The minimum Gasteiger partial charge on any atom is -0.549 e. The van der Waals surface area contributed by atoms with Crippen molar-refractivity contribution in [3.05, 3.63) is 18.2 Å². The van der Waals surface area contributed by atoms with Gasteiger partial charge in [-0.05, 0) is 22.6 Å². The first-order chi connectivity index (χ1) is 9.74. The van der Waals surface area contributed by atoms with Crippen LogP contribution in [0.3, 0.4) is 0 Å². The van der Waals surface area contributed by atoms with Crippen LogP contribution in [0.2, 0.25) is 0 Å². The third-order valence-corrected chi connectivity index (χ3v) is 3.42. The fourth-order valence-electron chi connectivity index (χ4n) is 1.72. The average molecular weight is 293 g/mol. The van der Waals surface area contributed by atoms with Crippen molar-refractivity contribution in [2.24, 2.45) is 0 Å². The first-order valence-electron chi connectivity index (χ1n) is 5.75. The van der Waals surface area contributed by atoms with E-state index < -0.39 is 5.97 Å². The van der Waals surface area contributed by atoms with Gasteiger partial charge in [0.15, 0.2) is 11.5 Å². The molecule has 0 amide bonds. The van der Waals surface area contributed by atoms with Gasteiger partial charge in [0.05, 0.1) is 11.7 Å². The van der Waals surface area contributed by atoms with E-state index in [-0.39, 0.29) is 5.75 Å².